The van der Waals surface area contributed by atoms with Gasteiger partial charge in [-0.2, -0.15) is 5.26 Å². The van der Waals surface area contributed by atoms with Crippen LogP contribution in [0.15, 0.2) is 29.8 Å². The molecule has 0 spiro atoms. The van der Waals surface area contributed by atoms with E-state index in [1.165, 1.54) is 6.42 Å². The van der Waals surface area contributed by atoms with E-state index in [0.717, 1.165) is 19.3 Å². The third-order valence-corrected chi connectivity index (χ3v) is 4.34. The zero-order chi connectivity index (χ0) is 15.2. The molecule has 0 bridgehead atoms. The zero-order valence-corrected chi connectivity index (χ0v) is 12.9. The first-order valence-electron chi connectivity index (χ1n) is 7.29. The van der Waals surface area contributed by atoms with Gasteiger partial charge in [0.2, 0.25) is 0 Å². The van der Waals surface area contributed by atoms with E-state index in [4.69, 9.17) is 11.6 Å². The topological polar surface area (TPSA) is 52.9 Å². The summed E-state index contributed by atoms with van der Waals surface area (Å²) >= 11 is 6.06. The van der Waals surface area contributed by atoms with Crippen molar-refractivity contribution in [2.24, 2.45) is 5.92 Å². The molecule has 21 heavy (non-hydrogen) atoms. The van der Waals surface area contributed by atoms with E-state index in [2.05, 4.69) is 12.2 Å². The average Bonchev–Trinajstić information content (AvgIpc) is 2.48. The summed E-state index contributed by atoms with van der Waals surface area (Å²) in [4.78, 5) is 12.3. The molecule has 2 atom stereocenters. The average molecular weight is 303 g/mol. The van der Waals surface area contributed by atoms with Crippen LogP contribution in [0.5, 0.6) is 0 Å². The Morgan fingerprint density at radius 2 is 2.10 bits per heavy atom. The van der Waals surface area contributed by atoms with E-state index in [1.54, 1.807) is 18.2 Å². The Hall–Kier alpha value is -1.79. The summed E-state index contributed by atoms with van der Waals surface area (Å²) in [5, 5.41) is 12.7. The third-order valence-electron chi connectivity index (χ3n) is 4.00. The maximum atomic E-state index is 12.3. The van der Waals surface area contributed by atoms with Gasteiger partial charge in [0, 0.05) is 11.1 Å². The summed E-state index contributed by atoms with van der Waals surface area (Å²) in [6, 6.07) is 9.30. The van der Waals surface area contributed by atoms with E-state index in [0.29, 0.717) is 16.5 Å². The van der Waals surface area contributed by atoms with Crippen LogP contribution in [0.25, 0.3) is 6.08 Å². The van der Waals surface area contributed by atoms with Crippen LogP contribution < -0.4 is 5.32 Å². The summed E-state index contributed by atoms with van der Waals surface area (Å²) in [6.07, 6.45) is 6.00. The molecule has 1 amide bonds. The summed E-state index contributed by atoms with van der Waals surface area (Å²) in [6.45, 7) is 2.15. The van der Waals surface area contributed by atoms with Gasteiger partial charge in [-0.25, -0.2) is 0 Å². The van der Waals surface area contributed by atoms with Crippen LogP contribution in [-0.4, -0.2) is 11.9 Å². The van der Waals surface area contributed by atoms with Gasteiger partial charge in [-0.05, 0) is 36.5 Å². The maximum absolute atomic E-state index is 12.3. The second-order valence-electron chi connectivity index (χ2n) is 5.53. The molecule has 1 aliphatic carbocycles. The number of hydrogen-bond acceptors (Lipinski definition) is 2. The fourth-order valence-electron chi connectivity index (χ4n) is 2.67. The minimum Gasteiger partial charge on any atom is -0.348 e. The van der Waals surface area contributed by atoms with E-state index in [-0.39, 0.29) is 17.5 Å². The number of halogens is 1. The van der Waals surface area contributed by atoms with Crippen LogP contribution >= 0.6 is 11.6 Å². The monoisotopic (exact) mass is 302 g/mol. The van der Waals surface area contributed by atoms with Gasteiger partial charge in [0.25, 0.3) is 5.91 Å². The summed E-state index contributed by atoms with van der Waals surface area (Å²) in [5.74, 6) is 0.152. The molecule has 1 aromatic carbocycles. The summed E-state index contributed by atoms with van der Waals surface area (Å²) in [5.41, 5.74) is 0.781. The Labute approximate surface area is 130 Å². The zero-order valence-electron chi connectivity index (χ0n) is 12.1. The van der Waals surface area contributed by atoms with Crippen molar-refractivity contribution in [1.82, 2.24) is 5.32 Å². The van der Waals surface area contributed by atoms with Crippen LogP contribution in [0.2, 0.25) is 5.02 Å². The fraction of sp³-hybridized carbons (Fsp3) is 0.412. The minimum absolute atomic E-state index is 0.0980. The number of rotatable bonds is 3. The molecule has 0 aliphatic heterocycles. The van der Waals surface area contributed by atoms with E-state index < -0.39 is 0 Å². The van der Waals surface area contributed by atoms with E-state index >= 15 is 0 Å². The standard InChI is InChI=1S/C17H19ClN2O/c1-12-6-2-5-9-16(12)20-17(21)14(11-19)10-13-7-3-4-8-15(13)18/h3-4,7-8,10,12,16H,2,5-6,9H2,1H3,(H,20,21)/b14-10+/t12-,16+/m1/s1. The largest absolute Gasteiger partial charge is 0.348 e. The number of benzene rings is 1. The molecule has 1 aliphatic rings. The van der Waals surface area contributed by atoms with Gasteiger partial charge in [-0.3, -0.25) is 4.79 Å². The lowest BCUT2D eigenvalue weighted by atomic mass is 9.86. The Bertz CT molecular complexity index is 589. The highest BCUT2D eigenvalue weighted by Gasteiger charge is 2.24. The quantitative estimate of drug-likeness (QED) is 0.679. The lowest BCUT2D eigenvalue weighted by Gasteiger charge is -2.29. The number of nitrogens with zero attached hydrogens (tertiary/aromatic N) is 1. The lowest BCUT2D eigenvalue weighted by molar-refractivity contribution is -0.118. The highest BCUT2D eigenvalue weighted by Crippen LogP contribution is 2.24. The van der Waals surface area contributed by atoms with Gasteiger partial charge in [-0.15, -0.1) is 0 Å². The molecule has 1 N–H and O–H groups in total. The van der Waals surface area contributed by atoms with Gasteiger partial charge in [0.1, 0.15) is 11.6 Å². The van der Waals surface area contributed by atoms with Crippen LogP contribution in [0, 0.1) is 17.2 Å². The van der Waals surface area contributed by atoms with Gasteiger partial charge in [0.15, 0.2) is 0 Å². The van der Waals surface area contributed by atoms with Crippen molar-refractivity contribution in [1.29, 1.82) is 5.26 Å². The highest BCUT2D eigenvalue weighted by molar-refractivity contribution is 6.32. The molecule has 0 unspecified atom stereocenters. The molecule has 2 rings (SSSR count). The molecule has 4 heteroatoms. The normalized spacial score (nSPS) is 22.4. The smallest absolute Gasteiger partial charge is 0.262 e. The molecular formula is C17H19ClN2O. The van der Waals surface area contributed by atoms with Crippen LogP contribution in [0.1, 0.15) is 38.2 Å². The second-order valence-corrected chi connectivity index (χ2v) is 5.94. The Balaban J connectivity index is 2.12. The molecule has 1 fully saturated rings. The number of carbonyl (C=O) groups is 1. The van der Waals surface area contributed by atoms with Crippen molar-refractivity contribution in [2.45, 2.75) is 38.6 Å². The van der Waals surface area contributed by atoms with Crippen molar-refractivity contribution in [3.05, 3.63) is 40.4 Å². The first-order valence-corrected chi connectivity index (χ1v) is 7.67. The molecule has 1 saturated carbocycles. The van der Waals surface area contributed by atoms with Gasteiger partial charge in [-0.1, -0.05) is 49.6 Å². The lowest BCUT2D eigenvalue weighted by Crippen LogP contribution is -2.41. The number of nitrogens with one attached hydrogen (secondary N) is 1. The number of nitriles is 1. The molecule has 110 valence electrons. The highest BCUT2D eigenvalue weighted by atomic mass is 35.5. The second kappa shape index (κ2) is 7.28. The number of amides is 1. The van der Waals surface area contributed by atoms with Gasteiger partial charge < -0.3 is 5.32 Å². The third kappa shape index (κ3) is 4.09. The molecule has 0 aromatic heterocycles. The molecule has 0 radical (unpaired) electrons. The predicted octanol–water partition coefficient (Wildman–Crippen LogP) is 3.94. The SMILES string of the molecule is C[C@@H]1CCCC[C@@H]1NC(=O)/C(C#N)=C/c1ccccc1Cl. The molecule has 0 saturated heterocycles. The van der Waals surface area contributed by atoms with Crippen LogP contribution in [0.3, 0.4) is 0 Å². The Kier molecular flexibility index (Phi) is 5.41. The Morgan fingerprint density at radius 1 is 1.38 bits per heavy atom. The fourth-order valence-corrected chi connectivity index (χ4v) is 2.86. The Morgan fingerprint density at radius 3 is 2.76 bits per heavy atom. The maximum Gasteiger partial charge on any atom is 0.262 e. The predicted molar refractivity (Wildman–Crippen MR) is 84.6 cm³/mol. The minimum atomic E-state index is -0.309. The van der Waals surface area contributed by atoms with Crippen molar-refractivity contribution in [3.8, 4) is 6.07 Å². The number of hydrogen-bond donors (Lipinski definition) is 1. The van der Waals surface area contributed by atoms with Crippen molar-refractivity contribution < 1.29 is 4.79 Å². The van der Waals surface area contributed by atoms with Crippen molar-refractivity contribution in [2.75, 3.05) is 0 Å². The molecule has 1 aromatic rings. The van der Waals surface area contributed by atoms with Crippen LogP contribution in [-0.2, 0) is 4.79 Å². The summed E-state index contributed by atoms with van der Waals surface area (Å²) in [7, 11) is 0. The van der Waals surface area contributed by atoms with Crippen molar-refractivity contribution >= 4 is 23.6 Å². The first kappa shape index (κ1) is 15.6. The molecule has 0 heterocycles. The van der Waals surface area contributed by atoms with Crippen LogP contribution in [0.4, 0.5) is 0 Å². The van der Waals surface area contributed by atoms with E-state index in [1.807, 2.05) is 18.2 Å². The van der Waals surface area contributed by atoms with E-state index in [9.17, 15) is 10.1 Å². The van der Waals surface area contributed by atoms with Gasteiger partial charge in [0.05, 0.1) is 0 Å². The number of carbonyl (C=O) groups excluding carboxylic acids is 1. The summed E-state index contributed by atoms with van der Waals surface area (Å²) < 4.78 is 0. The van der Waals surface area contributed by atoms with Gasteiger partial charge >= 0.3 is 0 Å². The van der Waals surface area contributed by atoms with Crippen molar-refractivity contribution in [3.63, 3.8) is 0 Å². The molecule has 3 nitrogen and oxygen atoms in total. The molecular weight excluding hydrogens is 284 g/mol. The first-order chi connectivity index (χ1) is 10.1.